The van der Waals surface area contributed by atoms with Gasteiger partial charge < -0.3 is 0 Å². The molecule has 4 heteroatoms. The molecule has 0 amide bonds. The van der Waals surface area contributed by atoms with Gasteiger partial charge in [0, 0.05) is 26.3 Å². The molecule has 13 aromatic rings. The largest absolute Gasteiger partial charge is 0.208 e. The zero-order valence-electron chi connectivity index (χ0n) is 32.8. The zero-order chi connectivity index (χ0) is 40.0. The van der Waals surface area contributed by atoms with Crippen molar-refractivity contribution >= 4 is 86.1 Å². The first-order valence-corrected chi connectivity index (χ1v) is 21.5. The average Bonchev–Trinajstić information content (AvgIpc) is 3.77. The number of hydrogen-bond donors (Lipinski definition) is 0. The van der Waals surface area contributed by atoms with E-state index >= 15 is 0 Å². The molecule has 13 rings (SSSR count). The Balaban J connectivity index is 1.04. The fourth-order valence-electron chi connectivity index (χ4n) is 9.62. The molecule has 0 spiro atoms. The Hall–Kier alpha value is -7.79. The second-order valence-electron chi connectivity index (χ2n) is 15.9. The average molecular weight is 792 g/mol. The summed E-state index contributed by atoms with van der Waals surface area (Å²) in [5.74, 6) is 1.92. The summed E-state index contributed by atoms with van der Waals surface area (Å²) in [7, 11) is 0. The topological polar surface area (TPSA) is 38.7 Å². The summed E-state index contributed by atoms with van der Waals surface area (Å²) in [4.78, 5) is 16.8. The first-order chi connectivity index (χ1) is 30.2. The molecule has 0 unspecified atom stereocenters. The van der Waals surface area contributed by atoms with E-state index in [1.54, 1.807) is 0 Å². The van der Waals surface area contributed by atoms with Gasteiger partial charge in [-0.2, -0.15) is 0 Å². The first kappa shape index (κ1) is 34.1. The summed E-state index contributed by atoms with van der Waals surface area (Å²) in [6.45, 7) is 0. The van der Waals surface area contributed by atoms with Crippen molar-refractivity contribution < 1.29 is 0 Å². The Bertz CT molecular complexity index is 3830. The number of benzene rings is 10. The van der Waals surface area contributed by atoms with Gasteiger partial charge in [-0.25, -0.2) is 15.0 Å². The predicted octanol–water partition coefficient (Wildman–Crippen LogP) is 15.8. The van der Waals surface area contributed by atoms with Gasteiger partial charge in [0.1, 0.15) is 0 Å². The van der Waals surface area contributed by atoms with Gasteiger partial charge in [-0.05, 0) is 111 Å². The predicted molar refractivity (Wildman–Crippen MR) is 259 cm³/mol. The molecule has 0 N–H and O–H groups in total. The van der Waals surface area contributed by atoms with Crippen LogP contribution in [0.3, 0.4) is 0 Å². The summed E-state index contributed by atoms with van der Waals surface area (Å²) in [5.41, 5.74) is 6.20. The molecule has 0 fully saturated rings. The number of fused-ring (bicyclic) bond motifs is 3. The van der Waals surface area contributed by atoms with Crippen molar-refractivity contribution in [3.8, 4) is 55.7 Å². The number of hydrogen-bond acceptors (Lipinski definition) is 4. The van der Waals surface area contributed by atoms with E-state index in [9.17, 15) is 0 Å². The molecule has 0 aliphatic heterocycles. The minimum Gasteiger partial charge on any atom is -0.208 e. The van der Waals surface area contributed by atoms with E-state index in [1.165, 1.54) is 85.2 Å². The highest BCUT2D eigenvalue weighted by Crippen LogP contribution is 2.45. The third kappa shape index (κ3) is 5.39. The Labute approximate surface area is 355 Å². The molecular formula is C57H33N3S. The van der Waals surface area contributed by atoms with Crippen molar-refractivity contribution in [1.29, 1.82) is 0 Å². The summed E-state index contributed by atoms with van der Waals surface area (Å²) >= 11 is 1.81. The number of nitrogens with zero attached hydrogens (tertiary/aromatic N) is 3. The quantitative estimate of drug-likeness (QED) is 0.163. The molecule has 3 nitrogen and oxygen atoms in total. The minimum atomic E-state index is 0.636. The first-order valence-electron chi connectivity index (χ1n) is 20.7. The maximum atomic E-state index is 5.27. The molecule has 0 aliphatic carbocycles. The van der Waals surface area contributed by atoms with Gasteiger partial charge in [-0.1, -0.05) is 176 Å². The molecule has 61 heavy (non-hydrogen) atoms. The van der Waals surface area contributed by atoms with Crippen molar-refractivity contribution in [2.75, 3.05) is 0 Å². The van der Waals surface area contributed by atoms with Crippen LogP contribution in [0.5, 0.6) is 0 Å². The molecule has 2 aromatic heterocycles. The van der Waals surface area contributed by atoms with Gasteiger partial charge >= 0.3 is 0 Å². The lowest BCUT2D eigenvalue weighted by Gasteiger charge is -2.18. The van der Waals surface area contributed by atoms with E-state index < -0.39 is 0 Å². The third-order valence-electron chi connectivity index (χ3n) is 12.4. The summed E-state index contributed by atoms with van der Waals surface area (Å²) in [5, 5.41) is 16.4. The van der Waals surface area contributed by atoms with Crippen molar-refractivity contribution in [2.24, 2.45) is 0 Å². The van der Waals surface area contributed by atoms with Crippen LogP contribution in [-0.4, -0.2) is 15.0 Å². The summed E-state index contributed by atoms with van der Waals surface area (Å²) in [6, 6.07) is 72.4. The smallest absolute Gasteiger partial charge is 0.164 e. The van der Waals surface area contributed by atoms with Gasteiger partial charge in [0.25, 0.3) is 0 Å². The second kappa shape index (κ2) is 13.4. The molecule has 0 aliphatic rings. The third-order valence-corrected chi connectivity index (χ3v) is 13.6. The zero-order valence-corrected chi connectivity index (χ0v) is 33.6. The normalized spacial score (nSPS) is 11.9. The van der Waals surface area contributed by atoms with Crippen molar-refractivity contribution in [1.82, 2.24) is 15.0 Å². The van der Waals surface area contributed by atoms with Crippen LogP contribution in [0, 0.1) is 0 Å². The Morgan fingerprint density at radius 2 is 0.770 bits per heavy atom. The maximum absolute atomic E-state index is 5.27. The van der Waals surface area contributed by atoms with Crippen LogP contribution in [0.4, 0.5) is 0 Å². The molecule has 0 saturated heterocycles. The fourth-order valence-corrected chi connectivity index (χ4v) is 10.7. The molecule has 0 atom stereocenters. The second-order valence-corrected chi connectivity index (χ2v) is 17.0. The number of rotatable bonds is 5. The van der Waals surface area contributed by atoms with Crippen molar-refractivity contribution in [3.63, 3.8) is 0 Å². The lowest BCUT2D eigenvalue weighted by atomic mass is 9.86. The van der Waals surface area contributed by atoms with Crippen molar-refractivity contribution in [3.05, 3.63) is 200 Å². The van der Waals surface area contributed by atoms with Gasteiger partial charge in [0.05, 0.1) is 0 Å². The Kier molecular flexibility index (Phi) is 7.47. The molecule has 282 valence electrons. The van der Waals surface area contributed by atoms with Gasteiger partial charge in [-0.3, -0.25) is 0 Å². The van der Waals surface area contributed by atoms with Gasteiger partial charge in [0.2, 0.25) is 0 Å². The van der Waals surface area contributed by atoms with Gasteiger partial charge in [-0.15, -0.1) is 11.3 Å². The van der Waals surface area contributed by atoms with E-state index in [1.807, 2.05) is 29.5 Å². The lowest BCUT2D eigenvalue weighted by molar-refractivity contribution is 1.07. The van der Waals surface area contributed by atoms with Crippen molar-refractivity contribution in [2.45, 2.75) is 0 Å². The number of aromatic nitrogens is 3. The summed E-state index contributed by atoms with van der Waals surface area (Å²) < 4.78 is 1.29. The molecule has 11 aromatic carbocycles. The Morgan fingerprint density at radius 1 is 0.279 bits per heavy atom. The summed E-state index contributed by atoms with van der Waals surface area (Å²) in [6.07, 6.45) is 0. The van der Waals surface area contributed by atoms with E-state index in [2.05, 4.69) is 182 Å². The number of thiophene rings is 1. The van der Waals surface area contributed by atoms with E-state index in [-0.39, 0.29) is 0 Å². The molecule has 0 saturated carbocycles. The SMILES string of the molecule is c1ccc(-c2nc(-c3ccc(-c4cc5ccccc5s4)cc3)nc(-c3ccccc3-c3cc4ccc5cccc6c7cccc8ccc9cccc(c(c3)c4c56)c9c87)n2)cc1. The van der Waals surface area contributed by atoms with E-state index in [0.29, 0.717) is 17.5 Å². The van der Waals surface area contributed by atoms with Crippen LogP contribution in [-0.2, 0) is 0 Å². The molecule has 0 radical (unpaired) electrons. The highest BCUT2D eigenvalue weighted by molar-refractivity contribution is 7.22. The Morgan fingerprint density at radius 3 is 1.43 bits per heavy atom. The minimum absolute atomic E-state index is 0.636. The highest BCUT2D eigenvalue weighted by Gasteiger charge is 2.20. The van der Waals surface area contributed by atoms with E-state index in [4.69, 9.17) is 15.0 Å². The van der Waals surface area contributed by atoms with Crippen LogP contribution >= 0.6 is 11.3 Å². The lowest BCUT2D eigenvalue weighted by Crippen LogP contribution is -2.01. The fraction of sp³-hybridized carbons (Fsp3) is 0. The van der Waals surface area contributed by atoms with Crippen LogP contribution in [0.25, 0.3) is 130 Å². The molecule has 0 bridgehead atoms. The molecule has 2 heterocycles. The van der Waals surface area contributed by atoms with Crippen LogP contribution in [0.15, 0.2) is 200 Å². The molecular weight excluding hydrogens is 759 g/mol. The standard InChI is InChI=1S/C57H33N3S/c1-2-11-38(12-3-1)55-58-56(39-28-23-34(24-29-39)50-33-40-13-4-7-22-49(40)61-50)60-57(59-55)47-18-6-5-17-43(47)42-31-41-30-27-37-15-9-20-45-44-19-8-14-35-25-26-36-16-10-21-46(53(36)51(35)44)48(32-42)54(41)52(37)45/h1-33H. The highest BCUT2D eigenvalue weighted by atomic mass is 32.1. The van der Waals surface area contributed by atoms with E-state index in [0.717, 1.165) is 27.8 Å². The van der Waals surface area contributed by atoms with Crippen LogP contribution in [0.1, 0.15) is 0 Å². The maximum Gasteiger partial charge on any atom is 0.164 e. The van der Waals surface area contributed by atoms with Gasteiger partial charge in [0.15, 0.2) is 17.5 Å². The van der Waals surface area contributed by atoms with Crippen LogP contribution in [0.2, 0.25) is 0 Å². The van der Waals surface area contributed by atoms with Crippen LogP contribution < -0.4 is 0 Å². The monoisotopic (exact) mass is 791 g/mol.